The van der Waals surface area contributed by atoms with Crippen LogP contribution >= 0.6 is 0 Å². The van der Waals surface area contributed by atoms with Crippen LogP contribution in [0.3, 0.4) is 0 Å². The Labute approximate surface area is 74.1 Å². The van der Waals surface area contributed by atoms with E-state index in [-0.39, 0.29) is 0 Å². The maximum absolute atomic E-state index is 3.32. The van der Waals surface area contributed by atoms with Crippen LogP contribution in [-0.4, -0.2) is 0 Å². The van der Waals surface area contributed by atoms with Crippen molar-refractivity contribution in [2.45, 2.75) is 20.8 Å². The third-order valence-electron chi connectivity index (χ3n) is 1.91. The van der Waals surface area contributed by atoms with Crippen LogP contribution in [0.1, 0.15) is 19.4 Å². The fourth-order valence-electron chi connectivity index (χ4n) is 0.998. The minimum atomic E-state index is 1.18. The van der Waals surface area contributed by atoms with Crippen LogP contribution in [0.5, 0.6) is 0 Å². The Kier molecular flexibility index (Phi) is 2.92. The number of rotatable bonds is 2. The van der Waals surface area contributed by atoms with E-state index in [0.717, 1.165) is 0 Å². The molecule has 0 saturated heterocycles. The first-order valence-corrected chi connectivity index (χ1v) is 4.19. The number of aryl methyl sites for hydroxylation is 1. The second-order valence-corrected chi connectivity index (χ2v) is 2.91. The Hall–Kier alpha value is -1.24. The molecule has 0 saturated carbocycles. The first-order valence-electron chi connectivity index (χ1n) is 4.19. The summed E-state index contributed by atoms with van der Waals surface area (Å²) in [6.07, 6.45) is 2.06. The third-order valence-corrected chi connectivity index (χ3v) is 1.91. The number of nitrogens with one attached hydrogen (secondary N) is 1. The topological polar surface area (TPSA) is 12.0 Å². The summed E-state index contributed by atoms with van der Waals surface area (Å²) in [5.74, 6) is 0. The van der Waals surface area contributed by atoms with E-state index in [1.54, 1.807) is 0 Å². The van der Waals surface area contributed by atoms with Gasteiger partial charge in [0.2, 0.25) is 0 Å². The summed E-state index contributed by atoms with van der Waals surface area (Å²) < 4.78 is 0. The molecule has 0 aromatic heterocycles. The Morgan fingerprint density at radius 3 is 2.58 bits per heavy atom. The van der Waals surface area contributed by atoms with Crippen LogP contribution in [0.2, 0.25) is 0 Å². The van der Waals surface area contributed by atoms with Gasteiger partial charge < -0.3 is 5.32 Å². The zero-order valence-electron chi connectivity index (χ0n) is 7.89. The largest absolute Gasteiger partial charge is 0.359 e. The summed E-state index contributed by atoms with van der Waals surface area (Å²) in [5.41, 5.74) is 3.65. The monoisotopic (exact) mass is 161 g/mol. The van der Waals surface area contributed by atoms with Crippen molar-refractivity contribution in [2.75, 3.05) is 5.32 Å². The molecular weight excluding hydrogens is 146 g/mol. The van der Waals surface area contributed by atoms with Crippen molar-refractivity contribution in [3.8, 4) is 0 Å². The lowest BCUT2D eigenvalue weighted by atomic mass is 10.2. The van der Waals surface area contributed by atoms with Gasteiger partial charge in [-0.25, -0.2) is 0 Å². The van der Waals surface area contributed by atoms with Crippen LogP contribution in [0.4, 0.5) is 5.69 Å². The molecular formula is C11H15N. The van der Waals surface area contributed by atoms with Crippen LogP contribution < -0.4 is 5.32 Å². The molecule has 64 valence electrons. The molecule has 0 unspecified atom stereocenters. The number of benzene rings is 1. The molecule has 0 radical (unpaired) electrons. The van der Waals surface area contributed by atoms with E-state index >= 15 is 0 Å². The van der Waals surface area contributed by atoms with Crippen LogP contribution in [0, 0.1) is 6.92 Å². The standard InChI is InChI=1S/C11H15N/c1-4-10(3)12-11-8-6-5-7-9(11)2/h4-8,12H,1-3H3. The molecule has 1 heteroatoms. The smallest absolute Gasteiger partial charge is 0.0411 e. The zero-order chi connectivity index (χ0) is 8.97. The minimum absolute atomic E-state index is 1.18. The summed E-state index contributed by atoms with van der Waals surface area (Å²) in [6.45, 7) is 6.19. The maximum atomic E-state index is 3.32. The molecule has 0 aliphatic heterocycles. The van der Waals surface area contributed by atoms with E-state index in [1.165, 1.54) is 16.9 Å². The predicted molar refractivity (Wildman–Crippen MR) is 54.2 cm³/mol. The highest BCUT2D eigenvalue weighted by Gasteiger charge is 1.94. The molecule has 0 amide bonds. The summed E-state index contributed by atoms with van der Waals surface area (Å²) in [5, 5.41) is 3.32. The van der Waals surface area contributed by atoms with Gasteiger partial charge in [0.1, 0.15) is 0 Å². The normalized spacial score (nSPS) is 11.4. The molecule has 0 heterocycles. The van der Waals surface area contributed by atoms with Crippen molar-refractivity contribution in [1.29, 1.82) is 0 Å². The average molecular weight is 161 g/mol. The molecule has 1 nitrogen and oxygen atoms in total. The number of allylic oxidation sites excluding steroid dienone is 2. The fraction of sp³-hybridized carbons (Fsp3) is 0.273. The molecule has 0 spiro atoms. The van der Waals surface area contributed by atoms with E-state index in [4.69, 9.17) is 0 Å². The molecule has 1 aromatic rings. The lowest BCUT2D eigenvalue weighted by Crippen LogP contribution is -1.96. The maximum Gasteiger partial charge on any atom is 0.0411 e. The Morgan fingerprint density at radius 2 is 2.00 bits per heavy atom. The first-order chi connectivity index (χ1) is 5.74. The molecule has 1 rings (SSSR count). The highest BCUT2D eigenvalue weighted by molar-refractivity contribution is 5.53. The van der Waals surface area contributed by atoms with Gasteiger partial charge in [-0.2, -0.15) is 0 Å². The molecule has 0 aliphatic rings. The van der Waals surface area contributed by atoms with Gasteiger partial charge in [0.15, 0.2) is 0 Å². The van der Waals surface area contributed by atoms with E-state index in [9.17, 15) is 0 Å². The second-order valence-electron chi connectivity index (χ2n) is 2.91. The van der Waals surface area contributed by atoms with Crippen molar-refractivity contribution in [3.63, 3.8) is 0 Å². The van der Waals surface area contributed by atoms with Gasteiger partial charge >= 0.3 is 0 Å². The minimum Gasteiger partial charge on any atom is -0.359 e. The van der Waals surface area contributed by atoms with Crippen LogP contribution in [0.15, 0.2) is 36.0 Å². The molecule has 0 atom stereocenters. The van der Waals surface area contributed by atoms with E-state index in [2.05, 4.69) is 37.4 Å². The summed E-state index contributed by atoms with van der Waals surface area (Å²) >= 11 is 0. The summed E-state index contributed by atoms with van der Waals surface area (Å²) in [7, 11) is 0. The molecule has 0 bridgehead atoms. The highest BCUT2D eigenvalue weighted by atomic mass is 14.9. The van der Waals surface area contributed by atoms with Gasteiger partial charge in [-0.15, -0.1) is 0 Å². The third kappa shape index (κ3) is 2.12. The number of hydrogen-bond donors (Lipinski definition) is 1. The van der Waals surface area contributed by atoms with E-state index in [0.29, 0.717) is 0 Å². The van der Waals surface area contributed by atoms with Gasteiger partial charge in [0.25, 0.3) is 0 Å². The quantitative estimate of drug-likeness (QED) is 0.701. The summed E-state index contributed by atoms with van der Waals surface area (Å²) in [4.78, 5) is 0. The van der Waals surface area contributed by atoms with Gasteiger partial charge in [0, 0.05) is 11.4 Å². The van der Waals surface area contributed by atoms with Gasteiger partial charge in [-0.05, 0) is 32.4 Å². The molecule has 1 aromatic carbocycles. The Morgan fingerprint density at radius 1 is 1.33 bits per heavy atom. The summed E-state index contributed by atoms with van der Waals surface area (Å²) in [6, 6.07) is 8.28. The van der Waals surface area contributed by atoms with Crippen molar-refractivity contribution in [1.82, 2.24) is 0 Å². The van der Waals surface area contributed by atoms with Crippen LogP contribution in [-0.2, 0) is 0 Å². The lowest BCUT2D eigenvalue weighted by molar-refractivity contribution is 1.32. The molecule has 0 fully saturated rings. The Bertz CT molecular complexity index is 287. The molecule has 1 N–H and O–H groups in total. The second kappa shape index (κ2) is 3.96. The van der Waals surface area contributed by atoms with Crippen LogP contribution in [0.25, 0.3) is 0 Å². The van der Waals surface area contributed by atoms with Crippen molar-refractivity contribution < 1.29 is 0 Å². The number of anilines is 1. The van der Waals surface area contributed by atoms with E-state index in [1.807, 2.05) is 19.1 Å². The SMILES string of the molecule is CC=C(C)Nc1ccccc1C. The van der Waals surface area contributed by atoms with E-state index < -0.39 is 0 Å². The fourth-order valence-corrected chi connectivity index (χ4v) is 0.998. The highest BCUT2D eigenvalue weighted by Crippen LogP contribution is 2.14. The van der Waals surface area contributed by atoms with Gasteiger partial charge in [-0.3, -0.25) is 0 Å². The number of hydrogen-bond acceptors (Lipinski definition) is 1. The van der Waals surface area contributed by atoms with Crippen molar-refractivity contribution >= 4 is 5.69 Å². The molecule has 12 heavy (non-hydrogen) atoms. The van der Waals surface area contributed by atoms with Crippen molar-refractivity contribution in [3.05, 3.63) is 41.6 Å². The first kappa shape index (κ1) is 8.85. The lowest BCUT2D eigenvalue weighted by Gasteiger charge is -2.08. The van der Waals surface area contributed by atoms with Gasteiger partial charge in [-0.1, -0.05) is 24.3 Å². The van der Waals surface area contributed by atoms with Crippen molar-refractivity contribution in [2.24, 2.45) is 0 Å². The molecule has 0 aliphatic carbocycles. The number of para-hydroxylation sites is 1. The zero-order valence-corrected chi connectivity index (χ0v) is 7.89. The predicted octanol–water partition coefficient (Wildman–Crippen LogP) is 3.33. The average Bonchev–Trinajstić information content (AvgIpc) is 2.09. The van der Waals surface area contributed by atoms with Gasteiger partial charge in [0.05, 0.1) is 0 Å². The Balaban J connectivity index is 2.82.